The summed E-state index contributed by atoms with van der Waals surface area (Å²) in [5.74, 6) is 0. The highest BCUT2D eigenvalue weighted by molar-refractivity contribution is 5.41. The van der Waals surface area contributed by atoms with Crippen molar-refractivity contribution >= 4 is 5.65 Å². The summed E-state index contributed by atoms with van der Waals surface area (Å²) in [4.78, 5) is 4.43. The van der Waals surface area contributed by atoms with E-state index in [0.29, 0.717) is 0 Å². The fourth-order valence-electron chi connectivity index (χ4n) is 1.64. The summed E-state index contributed by atoms with van der Waals surface area (Å²) in [5, 5.41) is 7.86. The number of hydrogen-bond acceptors (Lipinski definition) is 3. The molecule has 0 radical (unpaired) electrons. The fourth-order valence-corrected chi connectivity index (χ4v) is 1.64. The second-order valence-electron chi connectivity index (χ2n) is 5.32. The molecule has 0 saturated heterocycles. The molecule has 0 fully saturated rings. The molecule has 4 nitrogen and oxygen atoms in total. The molecule has 0 atom stereocenters. The van der Waals surface area contributed by atoms with Gasteiger partial charge in [-0.25, -0.2) is 9.50 Å². The largest absolute Gasteiger partial charge is 0.313 e. The molecule has 0 bridgehead atoms. The number of fused-ring (bicyclic) bond motifs is 1. The molecule has 1 N–H and O–H groups in total. The smallest absolute Gasteiger partial charge is 0.155 e. The van der Waals surface area contributed by atoms with E-state index in [4.69, 9.17) is 0 Å². The summed E-state index contributed by atoms with van der Waals surface area (Å²) >= 11 is 0. The molecule has 2 rings (SSSR count). The van der Waals surface area contributed by atoms with Crippen LogP contribution in [0, 0.1) is 0 Å². The lowest BCUT2D eigenvalue weighted by molar-refractivity contribution is 0.562. The Morgan fingerprint density at radius 1 is 1.35 bits per heavy atom. The third-order valence-corrected chi connectivity index (χ3v) is 2.71. The van der Waals surface area contributed by atoms with E-state index in [1.807, 2.05) is 16.9 Å². The molecule has 92 valence electrons. The van der Waals surface area contributed by atoms with Crippen LogP contribution in [0.4, 0.5) is 0 Å². The average molecular weight is 232 g/mol. The van der Waals surface area contributed by atoms with Crippen molar-refractivity contribution in [1.29, 1.82) is 0 Å². The summed E-state index contributed by atoms with van der Waals surface area (Å²) in [6.45, 7) is 10.4. The summed E-state index contributed by atoms with van der Waals surface area (Å²) in [7, 11) is 0. The van der Waals surface area contributed by atoms with Crippen LogP contribution in [0.5, 0.6) is 0 Å². The van der Waals surface area contributed by atoms with Crippen LogP contribution in [0.25, 0.3) is 5.65 Å². The lowest BCUT2D eigenvalue weighted by Crippen LogP contribution is -2.13. The molecule has 0 aliphatic carbocycles. The van der Waals surface area contributed by atoms with Gasteiger partial charge >= 0.3 is 0 Å². The van der Waals surface area contributed by atoms with E-state index < -0.39 is 0 Å². The van der Waals surface area contributed by atoms with E-state index in [0.717, 1.165) is 30.0 Å². The summed E-state index contributed by atoms with van der Waals surface area (Å²) in [6, 6.07) is 2.05. The molecule has 2 aromatic rings. The van der Waals surface area contributed by atoms with Gasteiger partial charge in [0, 0.05) is 36.0 Å². The van der Waals surface area contributed by atoms with Crippen LogP contribution in [0.15, 0.2) is 18.5 Å². The number of nitrogens with one attached hydrogen (secondary N) is 1. The minimum Gasteiger partial charge on any atom is -0.313 e. The average Bonchev–Trinajstić information content (AvgIpc) is 2.68. The van der Waals surface area contributed by atoms with Gasteiger partial charge in [0.15, 0.2) is 5.65 Å². The van der Waals surface area contributed by atoms with Crippen molar-refractivity contribution in [2.45, 2.75) is 39.7 Å². The first-order valence-corrected chi connectivity index (χ1v) is 6.06. The zero-order valence-corrected chi connectivity index (χ0v) is 11.0. The quantitative estimate of drug-likeness (QED) is 0.881. The Balaban J connectivity index is 2.34. The molecule has 2 aromatic heterocycles. The van der Waals surface area contributed by atoms with Crippen LogP contribution in [0.1, 0.15) is 39.0 Å². The molecule has 17 heavy (non-hydrogen) atoms. The van der Waals surface area contributed by atoms with Crippen molar-refractivity contribution in [3.63, 3.8) is 0 Å². The molecular formula is C13H20N4. The van der Waals surface area contributed by atoms with Crippen LogP contribution in [0.2, 0.25) is 0 Å². The molecule has 0 aliphatic heterocycles. The van der Waals surface area contributed by atoms with E-state index in [9.17, 15) is 0 Å². The predicted octanol–water partition coefficient (Wildman–Crippen LogP) is 2.14. The van der Waals surface area contributed by atoms with Crippen molar-refractivity contribution in [2.24, 2.45) is 0 Å². The topological polar surface area (TPSA) is 42.2 Å². The molecule has 0 amide bonds. The molecule has 4 heteroatoms. The fraction of sp³-hybridized carbons (Fsp3) is 0.538. The zero-order valence-electron chi connectivity index (χ0n) is 11.0. The van der Waals surface area contributed by atoms with Gasteiger partial charge in [-0.15, -0.1) is 0 Å². The normalized spacial score (nSPS) is 12.2. The Morgan fingerprint density at radius 3 is 2.76 bits per heavy atom. The minimum absolute atomic E-state index is 0.0650. The monoisotopic (exact) mass is 232 g/mol. The molecule has 0 aromatic carbocycles. The number of hydrogen-bond donors (Lipinski definition) is 1. The Hall–Kier alpha value is -1.42. The first-order valence-electron chi connectivity index (χ1n) is 6.06. The molecule has 0 unspecified atom stereocenters. The van der Waals surface area contributed by atoms with Crippen LogP contribution in [-0.4, -0.2) is 21.1 Å². The van der Waals surface area contributed by atoms with Gasteiger partial charge in [-0.1, -0.05) is 27.7 Å². The Kier molecular flexibility index (Phi) is 3.15. The lowest BCUT2D eigenvalue weighted by Gasteiger charge is -2.13. The molecule has 0 aliphatic rings. The Bertz CT molecular complexity index is 508. The van der Waals surface area contributed by atoms with Crippen molar-refractivity contribution in [2.75, 3.05) is 6.54 Å². The van der Waals surface area contributed by atoms with Gasteiger partial charge in [0.1, 0.15) is 0 Å². The maximum absolute atomic E-state index is 4.58. The summed E-state index contributed by atoms with van der Waals surface area (Å²) in [5.41, 5.74) is 3.21. The van der Waals surface area contributed by atoms with E-state index in [1.165, 1.54) is 0 Å². The van der Waals surface area contributed by atoms with Crippen molar-refractivity contribution in [3.05, 3.63) is 29.7 Å². The highest BCUT2D eigenvalue weighted by atomic mass is 15.2. The Morgan fingerprint density at radius 2 is 2.12 bits per heavy atom. The van der Waals surface area contributed by atoms with Gasteiger partial charge in [-0.2, -0.15) is 5.10 Å². The molecule has 0 saturated carbocycles. The highest BCUT2D eigenvalue weighted by Gasteiger charge is 2.17. The second kappa shape index (κ2) is 4.45. The van der Waals surface area contributed by atoms with Gasteiger partial charge in [0.2, 0.25) is 0 Å². The standard InChI is InChI=1S/C13H20N4/c1-5-14-7-10-8-15-12-6-11(13(2,3)4)16-17(12)9-10/h6,8-9,14H,5,7H2,1-4H3. The molecular weight excluding hydrogens is 212 g/mol. The number of rotatable bonds is 3. The number of nitrogens with zero attached hydrogens (tertiary/aromatic N) is 3. The maximum atomic E-state index is 4.58. The summed E-state index contributed by atoms with van der Waals surface area (Å²) in [6.07, 6.45) is 3.95. The minimum atomic E-state index is 0.0650. The van der Waals surface area contributed by atoms with Crippen LogP contribution in [-0.2, 0) is 12.0 Å². The van der Waals surface area contributed by atoms with Crippen LogP contribution in [0.3, 0.4) is 0 Å². The van der Waals surface area contributed by atoms with Crippen molar-refractivity contribution in [1.82, 2.24) is 19.9 Å². The van der Waals surface area contributed by atoms with Gasteiger partial charge in [-0.3, -0.25) is 0 Å². The van der Waals surface area contributed by atoms with Crippen molar-refractivity contribution < 1.29 is 0 Å². The van der Waals surface area contributed by atoms with E-state index in [-0.39, 0.29) is 5.41 Å². The van der Waals surface area contributed by atoms with Gasteiger partial charge in [0.25, 0.3) is 0 Å². The second-order valence-corrected chi connectivity index (χ2v) is 5.32. The maximum Gasteiger partial charge on any atom is 0.155 e. The third-order valence-electron chi connectivity index (χ3n) is 2.71. The van der Waals surface area contributed by atoms with E-state index in [2.05, 4.69) is 49.2 Å². The van der Waals surface area contributed by atoms with Gasteiger partial charge in [-0.05, 0) is 6.54 Å². The first-order chi connectivity index (χ1) is 8.00. The first kappa shape index (κ1) is 12.0. The summed E-state index contributed by atoms with van der Waals surface area (Å²) < 4.78 is 1.87. The SMILES string of the molecule is CCNCc1cnc2cc(C(C)(C)C)nn2c1. The highest BCUT2D eigenvalue weighted by Crippen LogP contribution is 2.21. The lowest BCUT2D eigenvalue weighted by atomic mass is 9.93. The predicted molar refractivity (Wildman–Crippen MR) is 69.1 cm³/mol. The molecule has 0 spiro atoms. The van der Waals surface area contributed by atoms with Crippen LogP contribution < -0.4 is 5.32 Å². The molecule has 2 heterocycles. The van der Waals surface area contributed by atoms with Gasteiger partial charge < -0.3 is 5.32 Å². The van der Waals surface area contributed by atoms with E-state index in [1.54, 1.807) is 0 Å². The van der Waals surface area contributed by atoms with Gasteiger partial charge in [0.05, 0.1) is 5.69 Å². The zero-order chi connectivity index (χ0) is 12.5. The van der Waals surface area contributed by atoms with E-state index >= 15 is 0 Å². The Labute approximate surface area is 102 Å². The van der Waals surface area contributed by atoms with Crippen molar-refractivity contribution in [3.8, 4) is 0 Å². The third kappa shape index (κ3) is 2.64. The number of aromatic nitrogens is 3. The van der Waals surface area contributed by atoms with Crippen LogP contribution >= 0.6 is 0 Å².